The van der Waals surface area contributed by atoms with Gasteiger partial charge in [-0.3, -0.25) is 4.68 Å². The number of urea groups is 1. The minimum atomic E-state index is -0.336. The average molecular weight is 342 g/mol. The van der Waals surface area contributed by atoms with E-state index in [4.69, 9.17) is 11.6 Å². The van der Waals surface area contributed by atoms with E-state index in [9.17, 15) is 4.79 Å². The van der Waals surface area contributed by atoms with Crippen LogP contribution < -0.4 is 10.6 Å². The fourth-order valence-electron chi connectivity index (χ4n) is 2.31. The molecule has 3 rings (SSSR count). The summed E-state index contributed by atoms with van der Waals surface area (Å²) < 4.78 is 1.67. The standard InChI is InChI=1S/C17H16ClN5O/c18-14-8-4-5-9-15(14)21-17(24)22-16(10-23-12-19-11-20-23)13-6-2-1-3-7-13/h1-9,11-12,16H,10H2,(H2,21,22,24)/t16-/m0/s1. The van der Waals surface area contributed by atoms with Crippen molar-refractivity contribution in [3.8, 4) is 0 Å². The van der Waals surface area contributed by atoms with E-state index in [2.05, 4.69) is 20.7 Å². The Hall–Kier alpha value is -2.86. The molecule has 0 aliphatic carbocycles. The maximum atomic E-state index is 12.4. The predicted octanol–water partition coefficient (Wildman–Crippen LogP) is 3.49. The summed E-state index contributed by atoms with van der Waals surface area (Å²) in [5.41, 5.74) is 1.53. The zero-order valence-electron chi connectivity index (χ0n) is 12.8. The number of carbonyl (C=O) groups is 1. The van der Waals surface area contributed by atoms with Crippen LogP contribution in [0.3, 0.4) is 0 Å². The second-order valence-corrected chi connectivity index (χ2v) is 5.57. The number of hydrogen-bond acceptors (Lipinski definition) is 3. The summed E-state index contributed by atoms with van der Waals surface area (Å²) >= 11 is 6.07. The second kappa shape index (κ2) is 7.61. The molecule has 6 nitrogen and oxygen atoms in total. The van der Waals surface area contributed by atoms with E-state index < -0.39 is 0 Å². The van der Waals surface area contributed by atoms with Gasteiger partial charge in [0.1, 0.15) is 12.7 Å². The summed E-state index contributed by atoms with van der Waals surface area (Å²) in [5.74, 6) is 0. The van der Waals surface area contributed by atoms with Gasteiger partial charge in [0.25, 0.3) is 0 Å². The Bertz CT molecular complexity index is 792. The number of carbonyl (C=O) groups excluding carboxylic acids is 1. The number of hydrogen-bond donors (Lipinski definition) is 2. The Morgan fingerprint density at radius 2 is 1.88 bits per heavy atom. The summed E-state index contributed by atoms with van der Waals surface area (Å²) in [6.45, 7) is 0.472. The van der Waals surface area contributed by atoms with E-state index in [0.29, 0.717) is 17.3 Å². The lowest BCUT2D eigenvalue weighted by atomic mass is 10.1. The molecule has 0 aliphatic heterocycles. The Morgan fingerprint density at radius 3 is 2.58 bits per heavy atom. The fraction of sp³-hybridized carbons (Fsp3) is 0.118. The van der Waals surface area contributed by atoms with E-state index in [-0.39, 0.29) is 12.1 Å². The second-order valence-electron chi connectivity index (χ2n) is 5.16. The topological polar surface area (TPSA) is 71.8 Å². The smallest absolute Gasteiger partial charge is 0.319 e. The first kappa shape index (κ1) is 16.0. The first-order valence-electron chi connectivity index (χ1n) is 7.42. The molecule has 24 heavy (non-hydrogen) atoms. The van der Waals surface area contributed by atoms with Crippen molar-refractivity contribution in [2.45, 2.75) is 12.6 Å². The molecule has 1 aromatic heterocycles. The molecule has 0 radical (unpaired) electrons. The largest absolute Gasteiger partial charge is 0.329 e. The van der Waals surface area contributed by atoms with Gasteiger partial charge in [-0.2, -0.15) is 5.10 Å². The van der Waals surface area contributed by atoms with Crippen LogP contribution in [0, 0.1) is 0 Å². The zero-order valence-corrected chi connectivity index (χ0v) is 13.5. The molecule has 0 bridgehead atoms. The molecule has 0 unspecified atom stereocenters. The fourth-order valence-corrected chi connectivity index (χ4v) is 2.50. The van der Waals surface area contributed by atoms with Crippen molar-refractivity contribution in [3.05, 3.63) is 77.8 Å². The average Bonchev–Trinajstić information content (AvgIpc) is 3.10. The van der Waals surface area contributed by atoms with Gasteiger partial charge < -0.3 is 10.6 Å². The molecule has 2 aromatic carbocycles. The molecule has 0 saturated carbocycles. The first-order valence-corrected chi connectivity index (χ1v) is 7.79. The maximum Gasteiger partial charge on any atom is 0.319 e. The van der Waals surface area contributed by atoms with Gasteiger partial charge in [0, 0.05) is 0 Å². The number of nitrogens with one attached hydrogen (secondary N) is 2. The molecule has 0 spiro atoms. The number of halogens is 1. The molecule has 0 fully saturated rings. The molecule has 2 N–H and O–H groups in total. The molecule has 122 valence electrons. The van der Waals surface area contributed by atoms with Crippen molar-refractivity contribution in [3.63, 3.8) is 0 Å². The predicted molar refractivity (Wildman–Crippen MR) is 92.8 cm³/mol. The van der Waals surface area contributed by atoms with Crippen LogP contribution >= 0.6 is 11.6 Å². The minimum absolute atomic E-state index is 0.254. The molecule has 1 heterocycles. The highest BCUT2D eigenvalue weighted by molar-refractivity contribution is 6.33. The molecule has 0 saturated heterocycles. The number of amides is 2. The Labute approximate surface area is 144 Å². The van der Waals surface area contributed by atoms with Crippen LogP contribution in [0.5, 0.6) is 0 Å². The van der Waals surface area contributed by atoms with E-state index in [0.717, 1.165) is 5.56 Å². The molecular formula is C17H16ClN5O. The summed E-state index contributed by atoms with van der Waals surface area (Å²) in [5, 5.41) is 10.3. The van der Waals surface area contributed by atoms with Crippen molar-refractivity contribution in [1.29, 1.82) is 0 Å². The van der Waals surface area contributed by atoms with Crippen LogP contribution in [0.15, 0.2) is 67.3 Å². The van der Waals surface area contributed by atoms with Gasteiger partial charge in [0.05, 0.1) is 23.3 Å². The number of nitrogens with zero attached hydrogens (tertiary/aromatic N) is 3. The molecule has 2 amide bonds. The molecule has 1 atom stereocenters. The molecule has 3 aromatic rings. The third kappa shape index (κ3) is 4.11. The number of anilines is 1. The normalized spacial score (nSPS) is 11.7. The van der Waals surface area contributed by atoms with Gasteiger partial charge in [0.2, 0.25) is 0 Å². The van der Waals surface area contributed by atoms with Gasteiger partial charge in [0.15, 0.2) is 0 Å². The van der Waals surface area contributed by atoms with E-state index in [1.807, 2.05) is 42.5 Å². The van der Waals surface area contributed by atoms with Gasteiger partial charge in [-0.05, 0) is 17.7 Å². The first-order chi connectivity index (χ1) is 11.7. The van der Waals surface area contributed by atoms with E-state index in [1.54, 1.807) is 23.1 Å². The Balaban J connectivity index is 1.74. The number of para-hydroxylation sites is 1. The monoisotopic (exact) mass is 341 g/mol. The number of benzene rings is 2. The van der Waals surface area contributed by atoms with Crippen LogP contribution in [0.1, 0.15) is 11.6 Å². The van der Waals surface area contributed by atoms with Crippen molar-refractivity contribution in [1.82, 2.24) is 20.1 Å². The summed E-state index contributed by atoms with van der Waals surface area (Å²) in [7, 11) is 0. The number of rotatable bonds is 5. The quantitative estimate of drug-likeness (QED) is 0.746. The van der Waals surface area contributed by atoms with Gasteiger partial charge in [-0.15, -0.1) is 0 Å². The van der Waals surface area contributed by atoms with Gasteiger partial charge >= 0.3 is 6.03 Å². The van der Waals surface area contributed by atoms with Crippen molar-refractivity contribution < 1.29 is 4.79 Å². The van der Waals surface area contributed by atoms with Crippen LogP contribution in [-0.2, 0) is 6.54 Å². The van der Waals surface area contributed by atoms with Crippen molar-refractivity contribution >= 4 is 23.3 Å². The summed E-state index contributed by atoms with van der Waals surface area (Å²) in [6.07, 6.45) is 3.08. The zero-order chi connectivity index (χ0) is 16.8. The van der Waals surface area contributed by atoms with Gasteiger partial charge in [-0.1, -0.05) is 54.1 Å². The van der Waals surface area contributed by atoms with Crippen LogP contribution in [0.2, 0.25) is 5.02 Å². The van der Waals surface area contributed by atoms with Gasteiger partial charge in [-0.25, -0.2) is 9.78 Å². The van der Waals surface area contributed by atoms with Crippen molar-refractivity contribution in [2.75, 3.05) is 5.32 Å². The highest BCUT2D eigenvalue weighted by atomic mass is 35.5. The summed E-state index contributed by atoms with van der Waals surface area (Å²) in [6, 6.07) is 16.2. The third-order valence-corrected chi connectivity index (χ3v) is 3.80. The Kier molecular flexibility index (Phi) is 5.08. The molecule has 0 aliphatic rings. The SMILES string of the molecule is O=C(Nc1ccccc1Cl)N[C@@H](Cn1cncn1)c1ccccc1. The lowest BCUT2D eigenvalue weighted by molar-refractivity contribution is 0.246. The van der Waals surface area contributed by atoms with Crippen LogP contribution in [0.25, 0.3) is 0 Å². The highest BCUT2D eigenvalue weighted by Gasteiger charge is 2.16. The lowest BCUT2D eigenvalue weighted by Crippen LogP contribution is -2.35. The molecule has 7 heteroatoms. The lowest BCUT2D eigenvalue weighted by Gasteiger charge is -2.19. The molecular weight excluding hydrogens is 326 g/mol. The summed E-state index contributed by atoms with van der Waals surface area (Å²) in [4.78, 5) is 16.3. The number of aromatic nitrogens is 3. The maximum absolute atomic E-state index is 12.4. The highest BCUT2D eigenvalue weighted by Crippen LogP contribution is 2.21. The van der Waals surface area contributed by atoms with E-state index >= 15 is 0 Å². The van der Waals surface area contributed by atoms with Crippen LogP contribution in [0.4, 0.5) is 10.5 Å². The van der Waals surface area contributed by atoms with Crippen molar-refractivity contribution in [2.24, 2.45) is 0 Å². The van der Waals surface area contributed by atoms with Crippen LogP contribution in [-0.4, -0.2) is 20.8 Å². The Morgan fingerprint density at radius 1 is 1.12 bits per heavy atom. The third-order valence-electron chi connectivity index (χ3n) is 3.47. The minimum Gasteiger partial charge on any atom is -0.329 e. The van der Waals surface area contributed by atoms with E-state index in [1.165, 1.54) is 6.33 Å².